The Hall–Kier alpha value is -13.2. The van der Waals surface area contributed by atoms with Crippen LogP contribution < -0.4 is 71.3 Å². The monoisotopic (exact) mass is 1400 g/mol. The highest BCUT2D eigenvalue weighted by Gasteiger charge is 2.16. The molecular formula is C66H71ClN21O13-. The lowest BCUT2D eigenvalue weighted by Crippen LogP contribution is -2.68. The van der Waals surface area contributed by atoms with Gasteiger partial charge in [-0.15, -0.1) is 46.6 Å². The van der Waals surface area contributed by atoms with E-state index in [1.807, 2.05) is 58.2 Å². The molecule has 526 valence electrons. The molecule has 0 aliphatic heterocycles. The van der Waals surface area contributed by atoms with Crippen molar-refractivity contribution in [3.05, 3.63) is 250 Å². The predicted molar refractivity (Wildman–Crippen MR) is 359 cm³/mol. The number of nitrogens with zero attached hydrogens (tertiary/aromatic N) is 17. The largest absolute Gasteiger partial charge is 0.872 e. The van der Waals surface area contributed by atoms with Gasteiger partial charge in [-0.05, 0) is 181 Å². The minimum Gasteiger partial charge on any atom is -0.872 e. The average molecular weight is 1400 g/mol. The topological polar surface area (TPSA) is 500 Å². The number of azo groups is 2. The fourth-order valence-electron chi connectivity index (χ4n) is 7.76. The molecule has 0 saturated carbocycles. The van der Waals surface area contributed by atoms with Crippen LogP contribution in [0, 0.1) is 34.7 Å². The Morgan fingerprint density at radius 1 is 0.584 bits per heavy atom. The van der Waals surface area contributed by atoms with Gasteiger partial charge in [0.25, 0.3) is 0 Å². The van der Waals surface area contributed by atoms with Gasteiger partial charge in [0.15, 0.2) is 28.0 Å². The Balaban J connectivity index is 0.000000224. The normalized spacial score (nSPS) is 14.9. The summed E-state index contributed by atoms with van der Waals surface area (Å²) in [7, 11) is 4.08. The first kappa shape index (κ1) is 78.5. The van der Waals surface area contributed by atoms with Crippen LogP contribution in [0.5, 0.6) is 5.75 Å². The highest BCUT2D eigenvalue weighted by Crippen LogP contribution is 2.32. The maximum absolute atomic E-state index is 11.6. The van der Waals surface area contributed by atoms with Crippen molar-refractivity contribution in [1.29, 1.82) is 5.41 Å². The lowest BCUT2D eigenvalue weighted by atomic mass is 9.99. The third-order valence-corrected chi connectivity index (χ3v) is 13.0. The highest BCUT2D eigenvalue weighted by atomic mass is 35.7. The number of allylic oxidation sites excluding steroid dienone is 10. The summed E-state index contributed by atoms with van der Waals surface area (Å²) in [6, 6.07) is 31.6. The molecule has 2 aromatic carbocycles. The number of nitrogens with one attached hydrogen (secondary N) is 2. The predicted octanol–water partition coefficient (Wildman–Crippen LogP) is 2.28. The number of nitrogens with two attached hydrogens (primary N) is 2. The van der Waals surface area contributed by atoms with Gasteiger partial charge in [-0.2, -0.15) is 14.2 Å². The number of amides is 1. The van der Waals surface area contributed by atoms with Crippen LogP contribution in [-0.4, -0.2) is 115 Å². The number of likely N-dealkylation sites (N-methyl/N-ethyl adjacent to an activating group) is 1. The molecule has 35 heteroatoms. The minimum absolute atomic E-state index is 0.0108. The van der Waals surface area contributed by atoms with Crippen molar-refractivity contribution in [2.75, 3.05) is 52.1 Å². The molecule has 0 fully saturated rings. The molecule has 0 spiro atoms. The summed E-state index contributed by atoms with van der Waals surface area (Å²) < 4.78 is 38.7. The SMILES string of the molecule is CC(=O)Nc1cc([O-])c(C)cc1N=Nc1cccc[n+]1[O-].CC1=CC(=NN=c2ccccn2O)C(C)=CC1=O.CN(C)C1=CC(=N)C(=NN=c2ccccn2O)C=C1.CN(C)C1=CC(=O)C=CC1=NN=c1ccccn1O.CO[n+]1ccccc1N=Nc1cc(C)c(N)cc1N.[O-][Cl+3]([O-])([O-])[O-]. The second-order valence-corrected chi connectivity index (χ2v) is 21.9. The van der Waals surface area contributed by atoms with Crippen LogP contribution in [-0.2, 0) is 14.4 Å². The van der Waals surface area contributed by atoms with Crippen molar-refractivity contribution in [2.45, 2.75) is 34.6 Å². The fourth-order valence-corrected chi connectivity index (χ4v) is 7.76. The molecule has 0 bridgehead atoms. The van der Waals surface area contributed by atoms with Crippen LogP contribution in [0.25, 0.3) is 0 Å². The quantitative estimate of drug-likeness (QED) is 0.0143. The number of aromatic nitrogens is 5. The molecule has 0 radical (unpaired) electrons. The lowest BCUT2D eigenvalue weighted by Gasteiger charge is -2.18. The summed E-state index contributed by atoms with van der Waals surface area (Å²) in [5, 5.41) is 102. The Bertz CT molecular complexity index is 4760. The average Bonchev–Trinajstić information content (AvgIpc) is 0.855. The molecule has 0 saturated heterocycles. The zero-order valence-corrected chi connectivity index (χ0v) is 56.8. The summed E-state index contributed by atoms with van der Waals surface area (Å²) >= 11 is 0. The van der Waals surface area contributed by atoms with Crippen LogP contribution >= 0.6 is 0 Å². The lowest BCUT2D eigenvalue weighted by molar-refractivity contribution is -2.00. The number of hydrogen-bond donors (Lipinski definition) is 7. The fraction of sp³-hybridized carbons (Fsp3) is 0.152. The van der Waals surface area contributed by atoms with E-state index < -0.39 is 10.2 Å². The highest BCUT2D eigenvalue weighted by molar-refractivity contribution is 6.50. The van der Waals surface area contributed by atoms with Gasteiger partial charge in [-0.1, -0.05) is 29.8 Å². The zero-order chi connectivity index (χ0) is 74.5. The number of hydrogen-bond acceptors (Lipinski definition) is 28. The van der Waals surface area contributed by atoms with E-state index in [9.17, 15) is 40.3 Å². The van der Waals surface area contributed by atoms with Gasteiger partial charge in [0.2, 0.25) is 5.91 Å². The van der Waals surface area contributed by atoms with E-state index in [0.29, 0.717) is 83.7 Å². The van der Waals surface area contributed by atoms with Crippen molar-refractivity contribution in [3.8, 4) is 5.75 Å². The van der Waals surface area contributed by atoms with Crippen LogP contribution in [0.15, 0.2) is 268 Å². The standard InChI is InChI=1S/C14H14N4O3.2C13H15N5O.C13H14N4O2.C13H13N3O2.ClHO4/c1-9-7-12(11(8-13(9)20)15-10(2)19)16-17-14-5-3-4-6-18(14)21;1-17(2)10-6-7-12(11(14)9-10)15-16-13-5-3-4-8-18(13)19;1-9-7-12(11(15)8-10(9)14)16-17-13-5-3-4-6-18(13)19-2;1-16(2)12-9-10(18)6-7-11(12)14-15-13-5-3-4-8-17(13)19;1-9-8-12(17)10(2)7-11(9)14-15-13-5-3-4-6-16(13)18;2-1(3,4)5/h3-8,20H,1-2H3,(H,15,19);3-9,14,19H,1-2H3;3-8H,1-2H3,(H3,14,15);3-9,19H,1-2H3;3-8,18H,1-2H3;(H,2,3,4,5)/p-1. The number of aryl methyl sites for hydroxylation is 2. The molecule has 0 unspecified atom stereocenters. The van der Waals surface area contributed by atoms with E-state index in [2.05, 4.69) is 56.4 Å². The molecule has 5 aromatic heterocycles. The van der Waals surface area contributed by atoms with Gasteiger partial charge < -0.3 is 57.4 Å². The van der Waals surface area contributed by atoms with Crippen LogP contribution in [0.4, 0.5) is 40.1 Å². The van der Waals surface area contributed by atoms with Gasteiger partial charge in [0, 0.05) is 83.3 Å². The first-order valence-corrected chi connectivity index (χ1v) is 30.6. The minimum atomic E-state index is -4.94. The summed E-state index contributed by atoms with van der Waals surface area (Å²) in [6.45, 7) is 8.39. The van der Waals surface area contributed by atoms with Gasteiger partial charge >= 0.3 is 11.6 Å². The zero-order valence-electron chi connectivity index (χ0n) is 56.0. The number of benzene rings is 2. The van der Waals surface area contributed by atoms with E-state index in [1.54, 1.807) is 148 Å². The number of nitrogen functional groups attached to an aromatic ring is 2. The molecule has 9 N–H and O–H groups in total. The second-order valence-electron chi connectivity index (χ2n) is 21.2. The summed E-state index contributed by atoms with van der Waals surface area (Å²) in [4.78, 5) is 42.7. The van der Waals surface area contributed by atoms with Crippen LogP contribution in [0.3, 0.4) is 0 Å². The molecule has 7 aromatic rings. The van der Waals surface area contributed by atoms with Gasteiger partial charge in [-0.3, -0.25) is 19.8 Å². The summed E-state index contributed by atoms with van der Waals surface area (Å²) in [5.41, 5.74) is 21.1. The molecule has 101 heavy (non-hydrogen) atoms. The molecule has 34 nitrogen and oxygen atoms in total. The molecule has 0 atom stereocenters. The molecule has 5 heterocycles. The van der Waals surface area contributed by atoms with E-state index in [4.69, 9.17) is 40.4 Å². The van der Waals surface area contributed by atoms with Crippen molar-refractivity contribution >= 4 is 80.4 Å². The Morgan fingerprint density at radius 2 is 1.09 bits per heavy atom. The van der Waals surface area contributed by atoms with E-state index in [1.165, 1.54) is 72.9 Å². The Labute approximate surface area is 579 Å². The first-order valence-electron chi connectivity index (χ1n) is 29.4. The van der Waals surface area contributed by atoms with Crippen molar-refractivity contribution in [1.82, 2.24) is 24.0 Å². The number of carbonyl (C=O) groups excluding carboxylic acids is 3. The number of ketones is 2. The molecular weight excluding hydrogens is 1330 g/mol. The maximum Gasteiger partial charge on any atom is 0.388 e. The molecule has 10 rings (SSSR count). The van der Waals surface area contributed by atoms with E-state index >= 15 is 0 Å². The number of anilines is 3. The Morgan fingerprint density at radius 3 is 1.61 bits per heavy atom. The first-order chi connectivity index (χ1) is 47.8. The summed E-state index contributed by atoms with van der Waals surface area (Å²) in [5.74, 6) is 0.0431. The third kappa shape index (κ3) is 26.1. The van der Waals surface area contributed by atoms with Crippen molar-refractivity contribution in [3.63, 3.8) is 0 Å². The Kier molecular flexibility index (Phi) is 29.5. The van der Waals surface area contributed by atoms with Gasteiger partial charge in [-0.25, -0.2) is 23.4 Å². The third-order valence-electron chi connectivity index (χ3n) is 13.0. The number of rotatable bonds is 11. The van der Waals surface area contributed by atoms with Crippen molar-refractivity contribution in [2.24, 2.45) is 51.1 Å². The van der Waals surface area contributed by atoms with Crippen molar-refractivity contribution < 1.29 is 78.3 Å². The molecule has 1 amide bonds. The van der Waals surface area contributed by atoms with Crippen LogP contribution in [0.2, 0.25) is 0 Å². The molecule has 3 aliphatic carbocycles. The molecule has 3 aliphatic rings. The van der Waals surface area contributed by atoms with E-state index in [0.717, 1.165) is 31.0 Å². The van der Waals surface area contributed by atoms with Crippen LogP contribution in [0.1, 0.15) is 31.9 Å². The number of pyridine rings is 5. The second kappa shape index (κ2) is 38.0. The summed E-state index contributed by atoms with van der Waals surface area (Å²) in [6.07, 6.45) is 20.5. The number of carbonyl (C=O) groups is 3. The van der Waals surface area contributed by atoms with Gasteiger partial charge in [0.1, 0.15) is 36.1 Å². The van der Waals surface area contributed by atoms with E-state index in [-0.39, 0.29) is 40.4 Å². The smallest absolute Gasteiger partial charge is 0.388 e. The number of halogens is 1. The van der Waals surface area contributed by atoms with Gasteiger partial charge in [0.05, 0.1) is 44.9 Å². The maximum atomic E-state index is 11.6.